The smallest absolute Gasteiger partial charge is 0.269 e. The number of hydrazone groups is 1. The molecule has 1 aliphatic carbocycles. The van der Waals surface area contributed by atoms with Crippen molar-refractivity contribution in [3.63, 3.8) is 0 Å². The van der Waals surface area contributed by atoms with Crippen LogP contribution < -0.4 is 5.43 Å². The Labute approximate surface area is 70.7 Å². The molecule has 1 atom stereocenters. The van der Waals surface area contributed by atoms with E-state index in [1.165, 1.54) is 0 Å². The molecule has 66 valence electrons. The highest BCUT2D eigenvalue weighted by Gasteiger charge is 2.51. The van der Waals surface area contributed by atoms with Crippen LogP contribution in [-0.2, 0) is 4.79 Å². The summed E-state index contributed by atoms with van der Waals surface area (Å²) in [6, 6.07) is 0. The molecule has 1 spiro atoms. The van der Waals surface area contributed by atoms with E-state index in [2.05, 4.69) is 10.5 Å². The highest BCUT2D eigenvalue weighted by atomic mass is 16.3. The van der Waals surface area contributed by atoms with Gasteiger partial charge in [-0.3, -0.25) is 4.79 Å². The van der Waals surface area contributed by atoms with E-state index in [0.717, 1.165) is 25.0 Å². The molecule has 0 unspecified atom stereocenters. The number of carbonyl (C=O) groups excluding carboxylic acids is 1. The summed E-state index contributed by atoms with van der Waals surface area (Å²) in [7, 11) is 0. The Hall–Kier alpha value is -0.900. The molecule has 4 nitrogen and oxygen atoms in total. The van der Waals surface area contributed by atoms with Gasteiger partial charge in [-0.1, -0.05) is 6.42 Å². The fourth-order valence-corrected chi connectivity index (χ4v) is 1.95. The van der Waals surface area contributed by atoms with Crippen molar-refractivity contribution in [3.05, 3.63) is 0 Å². The lowest BCUT2D eigenvalue weighted by molar-refractivity contribution is -0.138. The maximum Gasteiger partial charge on any atom is 0.269 e. The van der Waals surface area contributed by atoms with Gasteiger partial charge in [0.1, 0.15) is 6.10 Å². The lowest BCUT2D eigenvalue weighted by atomic mass is 9.62. The molecule has 12 heavy (non-hydrogen) atoms. The lowest BCUT2D eigenvalue weighted by Crippen LogP contribution is -2.57. The van der Waals surface area contributed by atoms with Gasteiger partial charge in [0.05, 0.1) is 0 Å². The molecule has 0 radical (unpaired) electrons. The van der Waals surface area contributed by atoms with Gasteiger partial charge in [-0.05, 0) is 19.8 Å². The Morgan fingerprint density at radius 2 is 2.33 bits per heavy atom. The van der Waals surface area contributed by atoms with Gasteiger partial charge in [0.15, 0.2) is 0 Å². The molecule has 0 aromatic rings. The molecule has 2 N–H and O–H groups in total. The number of amides is 1. The molecule has 0 saturated heterocycles. The normalized spacial score (nSPS) is 32.3. The standard InChI is InChI=1S/C8H12N2O2/c1-5-8(3-2-4-8)6(11)7(12)10-9-5/h6,11H,2-4H2,1H3,(H,10,12)/t6-/m1/s1. The summed E-state index contributed by atoms with van der Waals surface area (Å²) < 4.78 is 0. The zero-order valence-electron chi connectivity index (χ0n) is 7.00. The molecule has 1 aliphatic heterocycles. The van der Waals surface area contributed by atoms with E-state index in [9.17, 15) is 9.90 Å². The monoisotopic (exact) mass is 168 g/mol. The molecule has 0 aromatic heterocycles. The molecular weight excluding hydrogens is 156 g/mol. The lowest BCUT2D eigenvalue weighted by Gasteiger charge is -2.46. The van der Waals surface area contributed by atoms with Crippen molar-refractivity contribution in [1.82, 2.24) is 5.43 Å². The molecule has 1 heterocycles. The van der Waals surface area contributed by atoms with Crippen LogP contribution in [0.5, 0.6) is 0 Å². The largest absolute Gasteiger partial charge is 0.382 e. The Morgan fingerprint density at radius 1 is 1.67 bits per heavy atom. The minimum atomic E-state index is -0.885. The van der Waals surface area contributed by atoms with Gasteiger partial charge in [-0.2, -0.15) is 5.10 Å². The topological polar surface area (TPSA) is 61.7 Å². The fourth-order valence-electron chi connectivity index (χ4n) is 1.95. The molecule has 4 heteroatoms. The first-order chi connectivity index (χ1) is 5.67. The maximum absolute atomic E-state index is 11.1. The second-order valence-electron chi connectivity index (χ2n) is 3.59. The van der Waals surface area contributed by atoms with Gasteiger partial charge in [0.25, 0.3) is 5.91 Å². The van der Waals surface area contributed by atoms with Crippen LogP contribution in [0.3, 0.4) is 0 Å². The van der Waals surface area contributed by atoms with Crippen molar-refractivity contribution in [3.8, 4) is 0 Å². The average Bonchev–Trinajstić information content (AvgIpc) is 1.95. The van der Waals surface area contributed by atoms with Crippen molar-refractivity contribution >= 4 is 11.6 Å². The van der Waals surface area contributed by atoms with E-state index in [4.69, 9.17) is 0 Å². The van der Waals surface area contributed by atoms with Crippen LogP contribution in [0.25, 0.3) is 0 Å². The molecule has 2 aliphatic rings. The van der Waals surface area contributed by atoms with E-state index < -0.39 is 6.10 Å². The first-order valence-corrected chi connectivity index (χ1v) is 4.19. The summed E-state index contributed by atoms with van der Waals surface area (Å²) in [5, 5.41) is 13.5. The van der Waals surface area contributed by atoms with Crippen LogP contribution in [0.1, 0.15) is 26.2 Å². The third-order valence-corrected chi connectivity index (χ3v) is 3.07. The number of nitrogens with zero attached hydrogens (tertiary/aromatic N) is 1. The van der Waals surface area contributed by atoms with Crippen molar-refractivity contribution in [2.24, 2.45) is 10.5 Å². The van der Waals surface area contributed by atoms with Crippen LogP contribution in [0.15, 0.2) is 5.10 Å². The Morgan fingerprint density at radius 3 is 2.75 bits per heavy atom. The number of nitrogens with one attached hydrogen (secondary N) is 1. The van der Waals surface area contributed by atoms with Crippen LogP contribution in [0.2, 0.25) is 0 Å². The summed E-state index contributed by atoms with van der Waals surface area (Å²) in [5.74, 6) is -0.361. The van der Waals surface area contributed by atoms with E-state index in [-0.39, 0.29) is 11.3 Å². The van der Waals surface area contributed by atoms with Crippen LogP contribution in [0.4, 0.5) is 0 Å². The quantitative estimate of drug-likeness (QED) is 0.535. The third kappa shape index (κ3) is 0.756. The van der Waals surface area contributed by atoms with Crippen molar-refractivity contribution in [2.75, 3.05) is 0 Å². The van der Waals surface area contributed by atoms with Crippen molar-refractivity contribution in [2.45, 2.75) is 32.3 Å². The van der Waals surface area contributed by atoms with Gasteiger partial charge in [-0.25, -0.2) is 5.43 Å². The van der Waals surface area contributed by atoms with Crippen molar-refractivity contribution in [1.29, 1.82) is 0 Å². The number of hydrogen-bond acceptors (Lipinski definition) is 3. The Kier molecular flexibility index (Phi) is 1.48. The van der Waals surface area contributed by atoms with Crippen LogP contribution in [-0.4, -0.2) is 22.8 Å². The summed E-state index contributed by atoms with van der Waals surface area (Å²) in [5.41, 5.74) is 2.85. The predicted molar refractivity (Wildman–Crippen MR) is 43.5 cm³/mol. The number of rotatable bonds is 0. The van der Waals surface area contributed by atoms with E-state index in [1.54, 1.807) is 0 Å². The highest BCUT2D eigenvalue weighted by molar-refractivity contribution is 5.99. The molecule has 0 bridgehead atoms. The first-order valence-electron chi connectivity index (χ1n) is 4.19. The van der Waals surface area contributed by atoms with Crippen LogP contribution in [0, 0.1) is 5.41 Å². The minimum absolute atomic E-state index is 0.317. The minimum Gasteiger partial charge on any atom is -0.382 e. The fraction of sp³-hybridized carbons (Fsp3) is 0.750. The zero-order valence-corrected chi connectivity index (χ0v) is 7.00. The van der Waals surface area contributed by atoms with E-state index in [0.29, 0.717) is 0 Å². The van der Waals surface area contributed by atoms with Gasteiger partial charge < -0.3 is 5.11 Å². The van der Waals surface area contributed by atoms with Gasteiger partial charge >= 0.3 is 0 Å². The first kappa shape index (κ1) is 7.73. The zero-order chi connectivity index (χ0) is 8.77. The van der Waals surface area contributed by atoms with Gasteiger partial charge in [-0.15, -0.1) is 0 Å². The SMILES string of the molecule is CC1=NNC(=O)[C@@H](O)C12CCC2. The van der Waals surface area contributed by atoms with E-state index in [1.807, 2.05) is 6.92 Å². The maximum atomic E-state index is 11.1. The Balaban J connectivity index is 2.34. The molecule has 1 fully saturated rings. The Bertz CT molecular complexity index is 256. The molecule has 0 aromatic carbocycles. The second-order valence-corrected chi connectivity index (χ2v) is 3.59. The number of aliphatic hydroxyl groups excluding tert-OH is 1. The van der Waals surface area contributed by atoms with Gasteiger partial charge in [0.2, 0.25) is 0 Å². The summed E-state index contributed by atoms with van der Waals surface area (Å²) in [6.45, 7) is 1.86. The number of carbonyl (C=O) groups is 1. The third-order valence-electron chi connectivity index (χ3n) is 3.07. The average molecular weight is 168 g/mol. The predicted octanol–water partition coefficient (Wildman–Crippen LogP) is 0.0233. The van der Waals surface area contributed by atoms with Crippen LogP contribution >= 0.6 is 0 Å². The summed E-state index contributed by atoms with van der Waals surface area (Å²) in [6.07, 6.45) is 1.97. The summed E-state index contributed by atoms with van der Waals surface area (Å²) >= 11 is 0. The second kappa shape index (κ2) is 2.29. The number of hydrogen-bond donors (Lipinski definition) is 2. The van der Waals surface area contributed by atoms with Crippen molar-refractivity contribution < 1.29 is 9.90 Å². The van der Waals surface area contributed by atoms with Gasteiger partial charge in [0, 0.05) is 11.1 Å². The summed E-state index contributed by atoms with van der Waals surface area (Å²) in [4.78, 5) is 11.1. The highest BCUT2D eigenvalue weighted by Crippen LogP contribution is 2.46. The number of aliphatic hydroxyl groups is 1. The van der Waals surface area contributed by atoms with E-state index >= 15 is 0 Å². The molecule has 1 amide bonds. The molecular formula is C8H12N2O2. The molecule has 1 saturated carbocycles. The molecule has 2 rings (SSSR count).